The number of hydrogen-bond donors (Lipinski definition) is 1. The SMILES string of the molecule is NC1C/C(=C\c2cccc(C(F)(F)F)c2Cl)C(=O)/C(=C/c2cccc(C(F)(F)F)c2Cl)C1. The fraction of sp³-hybridized carbons (Fsp3) is 0.227. The maximum absolute atomic E-state index is 13.1. The first-order chi connectivity index (χ1) is 14.8. The maximum atomic E-state index is 13.1. The molecule has 0 aromatic heterocycles. The molecule has 3 rings (SSSR count). The average molecular weight is 494 g/mol. The van der Waals surface area contributed by atoms with Crippen molar-refractivity contribution in [2.75, 3.05) is 0 Å². The summed E-state index contributed by atoms with van der Waals surface area (Å²) >= 11 is 11.8. The van der Waals surface area contributed by atoms with Gasteiger partial charge in [-0.1, -0.05) is 47.5 Å². The normalized spacial score (nSPS) is 20.3. The van der Waals surface area contributed by atoms with Gasteiger partial charge in [0.2, 0.25) is 0 Å². The second kappa shape index (κ2) is 8.92. The third-order valence-corrected chi connectivity index (χ3v) is 5.72. The summed E-state index contributed by atoms with van der Waals surface area (Å²) in [7, 11) is 0. The molecule has 0 spiro atoms. The van der Waals surface area contributed by atoms with E-state index in [1.165, 1.54) is 24.3 Å². The van der Waals surface area contributed by atoms with Crippen molar-refractivity contribution >= 4 is 41.1 Å². The van der Waals surface area contributed by atoms with E-state index >= 15 is 0 Å². The Kier molecular flexibility index (Phi) is 6.79. The monoisotopic (exact) mass is 493 g/mol. The molecule has 2 nitrogen and oxygen atoms in total. The minimum Gasteiger partial charge on any atom is -0.327 e. The van der Waals surface area contributed by atoms with Crippen molar-refractivity contribution in [2.45, 2.75) is 31.2 Å². The van der Waals surface area contributed by atoms with Crippen LogP contribution in [0, 0.1) is 0 Å². The van der Waals surface area contributed by atoms with Gasteiger partial charge in [-0.25, -0.2) is 0 Å². The molecule has 1 aliphatic rings. The minimum absolute atomic E-state index is 0.0182. The van der Waals surface area contributed by atoms with Crippen molar-refractivity contribution in [1.29, 1.82) is 0 Å². The summed E-state index contributed by atoms with van der Waals surface area (Å²) in [5, 5.41) is -1.13. The van der Waals surface area contributed by atoms with Gasteiger partial charge in [0, 0.05) is 17.2 Å². The van der Waals surface area contributed by atoms with E-state index in [4.69, 9.17) is 28.9 Å². The van der Waals surface area contributed by atoms with Gasteiger partial charge < -0.3 is 5.73 Å². The van der Waals surface area contributed by atoms with E-state index in [1.54, 1.807) is 0 Å². The lowest BCUT2D eigenvalue weighted by atomic mass is 9.84. The van der Waals surface area contributed by atoms with Crippen LogP contribution in [-0.4, -0.2) is 11.8 Å². The highest BCUT2D eigenvalue weighted by molar-refractivity contribution is 6.33. The van der Waals surface area contributed by atoms with Gasteiger partial charge in [-0.2, -0.15) is 26.3 Å². The lowest BCUT2D eigenvalue weighted by Gasteiger charge is -2.23. The molecule has 32 heavy (non-hydrogen) atoms. The van der Waals surface area contributed by atoms with Crippen molar-refractivity contribution in [2.24, 2.45) is 5.73 Å². The lowest BCUT2D eigenvalue weighted by Crippen LogP contribution is -2.30. The molecule has 0 bridgehead atoms. The quantitative estimate of drug-likeness (QED) is 0.355. The molecule has 2 aromatic carbocycles. The first-order valence-electron chi connectivity index (χ1n) is 9.22. The largest absolute Gasteiger partial charge is 0.417 e. The highest BCUT2D eigenvalue weighted by Gasteiger charge is 2.35. The van der Waals surface area contributed by atoms with Crippen molar-refractivity contribution in [3.63, 3.8) is 0 Å². The molecule has 0 atom stereocenters. The number of hydrogen-bond acceptors (Lipinski definition) is 2. The molecule has 170 valence electrons. The van der Waals surface area contributed by atoms with Crippen molar-refractivity contribution in [3.05, 3.63) is 79.8 Å². The van der Waals surface area contributed by atoms with Crippen molar-refractivity contribution in [3.8, 4) is 0 Å². The van der Waals surface area contributed by atoms with Gasteiger partial charge in [0.15, 0.2) is 5.78 Å². The number of ketones is 1. The van der Waals surface area contributed by atoms with Crippen LogP contribution >= 0.6 is 23.2 Å². The first kappa shape index (κ1) is 24.4. The van der Waals surface area contributed by atoms with Crippen LogP contribution in [0.4, 0.5) is 26.3 Å². The van der Waals surface area contributed by atoms with Gasteiger partial charge >= 0.3 is 12.4 Å². The van der Waals surface area contributed by atoms with Gasteiger partial charge in [-0.05, 0) is 48.3 Å². The Bertz CT molecular complexity index is 1030. The van der Waals surface area contributed by atoms with Crippen LogP contribution in [0.25, 0.3) is 12.2 Å². The Labute approximate surface area is 189 Å². The lowest BCUT2D eigenvalue weighted by molar-refractivity contribution is -0.138. The molecule has 0 amide bonds. The van der Waals surface area contributed by atoms with Crippen molar-refractivity contribution in [1.82, 2.24) is 0 Å². The molecule has 2 aromatic rings. The highest BCUT2D eigenvalue weighted by Crippen LogP contribution is 2.39. The Hall–Kier alpha value is -2.29. The van der Waals surface area contributed by atoms with E-state index < -0.39 is 45.3 Å². The van der Waals surface area contributed by atoms with E-state index in [9.17, 15) is 31.1 Å². The van der Waals surface area contributed by atoms with Gasteiger partial charge in [0.05, 0.1) is 21.2 Å². The van der Waals surface area contributed by atoms with E-state index in [2.05, 4.69) is 0 Å². The second-order valence-electron chi connectivity index (χ2n) is 7.25. The Balaban J connectivity index is 2.03. The van der Waals surface area contributed by atoms with Crippen LogP contribution < -0.4 is 5.73 Å². The van der Waals surface area contributed by atoms with E-state index in [0.717, 1.165) is 24.3 Å². The smallest absolute Gasteiger partial charge is 0.327 e. The predicted molar refractivity (Wildman–Crippen MR) is 111 cm³/mol. The Morgan fingerprint density at radius 2 is 1.16 bits per heavy atom. The highest BCUT2D eigenvalue weighted by atomic mass is 35.5. The fourth-order valence-corrected chi connectivity index (χ4v) is 3.99. The van der Waals surface area contributed by atoms with Crippen LogP contribution in [0.15, 0.2) is 47.5 Å². The molecule has 1 saturated carbocycles. The maximum Gasteiger partial charge on any atom is 0.417 e. The van der Waals surface area contributed by atoms with Crippen LogP contribution in [0.2, 0.25) is 10.0 Å². The number of carbonyl (C=O) groups excluding carboxylic acids is 1. The van der Waals surface area contributed by atoms with E-state index in [-0.39, 0.29) is 35.1 Å². The molecule has 10 heteroatoms. The number of rotatable bonds is 2. The summed E-state index contributed by atoms with van der Waals surface area (Å²) in [6.07, 6.45) is -6.77. The molecule has 0 heterocycles. The molecule has 0 radical (unpaired) electrons. The number of carbonyl (C=O) groups is 1. The number of halogens is 8. The standard InChI is InChI=1S/C22H15Cl2F6NO/c23-18-11(3-1-5-16(18)21(25,26)27)7-13-9-15(31)10-14(20(13)32)8-12-4-2-6-17(19(12)24)22(28,29)30/h1-8,15H,9-10,31H2/b13-7+,14-8+. The molecular weight excluding hydrogens is 479 g/mol. The molecule has 1 aliphatic carbocycles. The third kappa shape index (κ3) is 5.19. The summed E-state index contributed by atoms with van der Waals surface area (Å²) in [4.78, 5) is 12.9. The summed E-state index contributed by atoms with van der Waals surface area (Å²) in [5.74, 6) is -0.548. The fourth-order valence-electron chi connectivity index (χ4n) is 3.41. The number of benzene rings is 2. The predicted octanol–water partition coefficient (Wildman–Crippen LogP) is 7.19. The summed E-state index contributed by atoms with van der Waals surface area (Å²) < 4.78 is 78.7. The summed E-state index contributed by atoms with van der Waals surface area (Å²) in [5.41, 5.74) is 4.06. The molecular formula is C22H15Cl2F6NO. The molecule has 0 aliphatic heterocycles. The number of alkyl halides is 6. The molecule has 1 fully saturated rings. The average Bonchev–Trinajstić information content (AvgIpc) is 2.66. The van der Waals surface area contributed by atoms with Crippen LogP contribution in [0.1, 0.15) is 35.1 Å². The van der Waals surface area contributed by atoms with Crippen LogP contribution in [0.3, 0.4) is 0 Å². The van der Waals surface area contributed by atoms with Gasteiger partial charge in [-0.15, -0.1) is 0 Å². The number of Topliss-reactive ketones (excluding diaryl/α,β-unsaturated/α-hetero) is 1. The zero-order chi connectivity index (χ0) is 23.8. The van der Waals surface area contributed by atoms with E-state index in [1.807, 2.05) is 0 Å². The zero-order valence-electron chi connectivity index (χ0n) is 16.1. The molecule has 0 saturated heterocycles. The second-order valence-corrected chi connectivity index (χ2v) is 8.01. The zero-order valence-corrected chi connectivity index (χ0v) is 17.6. The van der Waals surface area contributed by atoms with Gasteiger partial charge in [-0.3, -0.25) is 4.79 Å². The third-order valence-electron chi connectivity index (χ3n) is 4.87. The van der Waals surface area contributed by atoms with Crippen LogP contribution in [0.5, 0.6) is 0 Å². The van der Waals surface area contributed by atoms with Crippen LogP contribution in [-0.2, 0) is 17.1 Å². The molecule has 0 unspecified atom stereocenters. The topological polar surface area (TPSA) is 43.1 Å². The summed E-state index contributed by atoms with van der Waals surface area (Å²) in [6, 6.07) is 6.04. The summed E-state index contributed by atoms with van der Waals surface area (Å²) in [6.45, 7) is 0. The van der Waals surface area contributed by atoms with Gasteiger partial charge in [0.1, 0.15) is 0 Å². The van der Waals surface area contributed by atoms with Gasteiger partial charge in [0.25, 0.3) is 0 Å². The molecule has 2 N–H and O–H groups in total. The Morgan fingerprint density at radius 3 is 1.50 bits per heavy atom. The van der Waals surface area contributed by atoms with Crippen molar-refractivity contribution < 1.29 is 31.1 Å². The number of nitrogens with two attached hydrogens (primary N) is 1. The minimum atomic E-state index is -4.68. The first-order valence-corrected chi connectivity index (χ1v) is 9.97. The Morgan fingerprint density at radius 1 is 0.781 bits per heavy atom. The van der Waals surface area contributed by atoms with E-state index in [0.29, 0.717) is 0 Å².